The minimum atomic E-state index is 0.524. The van der Waals surface area contributed by atoms with E-state index >= 15 is 0 Å². The van der Waals surface area contributed by atoms with Gasteiger partial charge >= 0.3 is 0 Å². The maximum atomic E-state index is 4.70. The fourth-order valence-corrected chi connectivity index (χ4v) is 3.77. The lowest BCUT2D eigenvalue weighted by Gasteiger charge is -2.33. The molecule has 0 aliphatic carbocycles. The molecule has 2 aromatic heterocycles. The van der Waals surface area contributed by atoms with E-state index in [4.69, 9.17) is 4.98 Å². The van der Waals surface area contributed by atoms with Gasteiger partial charge in [0.25, 0.3) is 0 Å². The van der Waals surface area contributed by atoms with E-state index in [1.54, 1.807) is 0 Å². The smallest absolute Gasteiger partial charge is 0.159 e. The van der Waals surface area contributed by atoms with Crippen molar-refractivity contribution in [2.45, 2.75) is 38.6 Å². The van der Waals surface area contributed by atoms with Crippen molar-refractivity contribution in [1.29, 1.82) is 0 Å². The minimum absolute atomic E-state index is 0.524. The minimum Gasteiger partial charge on any atom is -0.344 e. The summed E-state index contributed by atoms with van der Waals surface area (Å²) in [4.78, 5) is 19.5. The van der Waals surface area contributed by atoms with E-state index < -0.39 is 0 Å². The topological polar surface area (TPSA) is 57.7 Å². The largest absolute Gasteiger partial charge is 0.344 e. The first kappa shape index (κ1) is 18.6. The molecule has 0 unspecified atom stereocenters. The average Bonchev–Trinajstić information content (AvgIpc) is 3.23. The number of hydrogen-bond donors (Lipinski definition) is 1. The Morgan fingerprint density at radius 3 is 2.71 bits per heavy atom. The molecule has 3 heterocycles. The second-order valence-corrected chi connectivity index (χ2v) is 7.29. The fourth-order valence-electron chi connectivity index (χ4n) is 3.77. The molecule has 5 nitrogen and oxygen atoms in total. The SMILES string of the molecule is CCCN1CCCC[C@@H]1C=Cc1nc(-c2cnc(-c3ccccc3)nc2)c[nH]1. The normalized spacial score (nSPS) is 18.0. The highest BCUT2D eigenvalue weighted by molar-refractivity contribution is 5.61. The number of likely N-dealkylation sites (tertiary alicyclic amines) is 1. The number of imidazole rings is 1. The highest BCUT2D eigenvalue weighted by Crippen LogP contribution is 2.21. The summed E-state index contributed by atoms with van der Waals surface area (Å²) in [5, 5.41) is 0. The molecule has 3 aromatic rings. The van der Waals surface area contributed by atoms with Crippen LogP contribution in [0.15, 0.2) is 55.0 Å². The van der Waals surface area contributed by atoms with Gasteiger partial charge in [-0.15, -0.1) is 0 Å². The van der Waals surface area contributed by atoms with Crippen molar-refractivity contribution in [3.8, 4) is 22.6 Å². The monoisotopic (exact) mass is 373 g/mol. The Bertz CT molecular complexity index is 896. The van der Waals surface area contributed by atoms with Crippen LogP contribution in [0.2, 0.25) is 0 Å². The second kappa shape index (κ2) is 8.93. The molecule has 0 bridgehead atoms. The van der Waals surface area contributed by atoms with Gasteiger partial charge in [-0.1, -0.05) is 49.8 Å². The van der Waals surface area contributed by atoms with E-state index in [0.29, 0.717) is 6.04 Å². The summed E-state index contributed by atoms with van der Waals surface area (Å²) in [5.41, 5.74) is 2.80. The highest BCUT2D eigenvalue weighted by Gasteiger charge is 2.19. The van der Waals surface area contributed by atoms with Crippen LogP contribution in [0.3, 0.4) is 0 Å². The summed E-state index contributed by atoms with van der Waals surface area (Å²) in [6.07, 6.45) is 15.1. The molecule has 1 aromatic carbocycles. The molecule has 1 fully saturated rings. The zero-order chi connectivity index (χ0) is 19.2. The van der Waals surface area contributed by atoms with Gasteiger partial charge in [0, 0.05) is 35.8 Å². The van der Waals surface area contributed by atoms with Crippen molar-refractivity contribution < 1.29 is 0 Å². The number of H-pyrrole nitrogens is 1. The van der Waals surface area contributed by atoms with Crippen molar-refractivity contribution in [2.24, 2.45) is 0 Å². The van der Waals surface area contributed by atoms with Gasteiger partial charge < -0.3 is 4.98 Å². The van der Waals surface area contributed by atoms with E-state index in [1.807, 2.05) is 48.9 Å². The average molecular weight is 374 g/mol. The lowest BCUT2D eigenvalue weighted by atomic mass is 10.0. The summed E-state index contributed by atoms with van der Waals surface area (Å²) in [6, 6.07) is 10.5. The standard InChI is InChI=1S/C23H27N5/c1-2-13-28-14-7-6-10-20(28)11-12-22-24-17-21(27-22)19-15-25-23(26-16-19)18-8-4-3-5-9-18/h3-5,8-9,11-12,15-17,20H,2,6-7,10,13-14H2,1H3,(H,24,27)/t20-/m1/s1. The van der Waals surface area contributed by atoms with Crippen LogP contribution in [0.4, 0.5) is 0 Å². The van der Waals surface area contributed by atoms with Crippen LogP contribution >= 0.6 is 0 Å². The number of nitrogens with zero attached hydrogens (tertiary/aromatic N) is 4. The van der Waals surface area contributed by atoms with Gasteiger partial charge in [0.15, 0.2) is 5.82 Å². The van der Waals surface area contributed by atoms with Crippen LogP contribution in [0.5, 0.6) is 0 Å². The molecular formula is C23H27N5. The number of benzene rings is 1. The molecule has 5 heteroatoms. The van der Waals surface area contributed by atoms with Crippen molar-refractivity contribution in [3.63, 3.8) is 0 Å². The third kappa shape index (κ3) is 4.37. The third-order valence-corrected chi connectivity index (χ3v) is 5.23. The molecule has 4 rings (SSSR count). The summed E-state index contributed by atoms with van der Waals surface area (Å²) in [7, 11) is 0. The molecule has 1 aliphatic heterocycles. The first-order chi connectivity index (χ1) is 13.8. The molecule has 1 N–H and O–H groups in total. The number of hydrogen-bond acceptors (Lipinski definition) is 4. The summed E-state index contributed by atoms with van der Waals surface area (Å²) in [5.74, 6) is 1.61. The van der Waals surface area contributed by atoms with Crippen LogP contribution in [-0.2, 0) is 0 Å². The predicted octanol–water partition coefficient (Wildman–Crippen LogP) is 4.81. The quantitative estimate of drug-likeness (QED) is 0.673. The second-order valence-electron chi connectivity index (χ2n) is 7.29. The molecule has 28 heavy (non-hydrogen) atoms. The van der Waals surface area contributed by atoms with Gasteiger partial charge in [-0.2, -0.15) is 0 Å². The Kier molecular flexibility index (Phi) is 5.92. The lowest BCUT2D eigenvalue weighted by molar-refractivity contribution is 0.181. The zero-order valence-corrected chi connectivity index (χ0v) is 16.4. The van der Waals surface area contributed by atoms with Crippen molar-refractivity contribution >= 4 is 6.08 Å². The van der Waals surface area contributed by atoms with Crippen LogP contribution in [-0.4, -0.2) is 44.0 Å². The maximum absolute atomic E-state index is 4.70. The van der Waals surface area contributed by atoms with E-state index in [0.717, 1.165) is 28.5 Å². The van der Waals surface area contributed by atoms with Crippen LogP contribution < -0.4 is 0 Å². The lowest BCUT2D eigenvalue weighted by Crippen LogP contribution is -2.38. The molecular weight excluding hydrogens is 346 g/mol. The molecule has 1 atom stereocenters. The Morgan fingerprint density at radius 2 is 1.93 bits per heavy atom. The van der Waals surface area contributed by atoms with E-state index in [-0.39, 0.29) is 0 Å². The van der Waals surface area contributed by atoms with Crippen LogP contribution in [0.25, 0.3) is 28.7 Å². The Balaban J connectivity index is 1.45. The van der Waals surface area contributed by atoms with Crippen LogP contribution in [0.1, 0.15) is 38.4 Å². The van der Waals surface area contributed by atoms with Crippen molar-refractivity contribution in [3.05, 3.63) is 60.8 Å². The van der Waals surface area contributed by atoms with Gasteiger partial charge in [0.1, 0.15) is 5.82 Å². The molecule has 1 aliphatic rings. The molecule has 0 radical (unpaired) electrons. The van der Waals surface area contributed by atoms with Crippen molar-refractivity contribution in [1.82, 2.24) is 24.8 Å². The first-order valence-corrected chi connectivity index (χ1v) is 10.2. The molecule has 0 spiro atoms. The number of aromatic nitrogens is 4. The molecule has 144 valence electrons. The number of aromatic amines is 1. The van der Waals surface area contributed by atoms with Crippen molar-refractivity contribution in [2.75, 3.05) is 13.1 Å². The number of nitrogens with one attached hydrogen (secondary N) is 1. The number of rotatable bonds is 6. The van der Waals surface area contributed by atoms with Gasteiger partial charge in [-0.3, -0.25) is 4.90 Å². The molecule has 0 amide bonds. The van der Waals surface area contributed by atoms with Crippen LogP contribution in [0, 0.1) is 0 Å². The predicted molar refractivity (Wildman–Crippen MR) is 114 cm³/mol. The van der Waals surface area contributed by atoms with E-state index in [9.17, 15) is 0 Å². The Labute approximate surface area is 166 Å². The molecule has 0 saturated carbocycles. The van der Waals surface area contributed by atoms with Gasteiger partial charge in [-0.05, 0) is 38.4 Å². The van der Waals surface area contributed by atoms with E-state index in [2.05, 4.69) is 38.9 Å². The molecule has 1 saturated heterocycles. The zero-order valence-electron chi connectivity index (χ0n) is 16.4. The first-order valence-electron chi connectivity index (χ1n) is 10.2. The summed E-state index contributed by atoms with van der Waals surface area (Å²) in [6.45, 7) is 4.63. The fraction of sp³-hybridized carbons (Fsp3) is 0.348. The summed E-state index contributed by atoms with van der Waals surface area (Å²) >= 11 is 0. The summed E-state index contributed by atoms with van der Waals surface area (Å²) < 4.78 is 0. The van der Waals surface area contributed by atoms with E-state index in [1.165, 1.54) is 38.8 Å². The third-order valence-electron chi connectivity index (χ3n) is 5.23. The van der Waals surface area contributed by atoms with Gasteiger partial charge in [-0.25, -0.2) is 15.0 Å². The van der Waals surface area contributed by atoms with Gasteiger partial charge in [0.05, 0.1) is 5.69 Å². The maximum Gasteiger partial charge on any atom is 0.159 e. The highest BCUT2D eigenvalue weighted by atomic mass is 15.2. The van der Waals surface area contributed by atoms with Gasteiger partial charge in [0.2, 0.25) is 0 Å². The Morgan fingerprint density at radius 1 is 1.11 bits per heavy atom. The number of piperidine rings is 1. The Hall–Kier alpha value is -2.79.